The zero-order valence-corrected chi connectivity index (χ0v) is 57.5. The number of hydrogen-bond donors (Lipinski definition) is 0. The maximum absolute atomic E-state index is 2.50. The minimum absolute atomic E-state index is 0.230. The predicted molar refractivity (Wildman–Crippen MR) is 438 cm³/mol. The van der Waals surface area contributed by atoms with E-state index >= 15 is 0 Å². The number of rotatable bonds is 12. The SMILES string of the molecule is CC1(C)c2cc(/C=C/c3ccc(-c4ccc(-c5ccc(/C=C/c6ccc7c(c6)C(C)(C)c6cc(N(c8cccc9ccccc89)c8cc9ccccc9c9ccccc89)ccc6-7)cc5)cc4)cc3)ccc2-c2ccc(N(c3cccc4ccccc34)c3cc4ccccc4c4ccccc34)cc21. The molecule has 0 bridgehead atoms. The van der Waals surface area contributed by atoms with Crippen molar-refractivity contribution in [3.05, 3.63) is 384 Å². The zero-order chi connectivity index (χ0) is 68.2. The molecule has 0 aliphatic heterocycles. The average molecular weight is 1300 g/mol. The lowest BCUT2D eigenvalue weighted by molar-refractivity contribution is 0.660. The summed E-state index contributed by atoms with van der Waals surface area (Å²) >= 11 is 0. The fraction of sp³-hybridized carbons (Fsp3) is 0.0600. The molecule has 0 unspecified atom stereocenters. The van der Waals surface area contributed by atoms with Crippen LogP contribution in [-0.2, 0) is 10.8 Å². The second-order valence-electron chi connectivity index (χ2n) is 28.8. The van der Waals surface area contributed by atoms with Crippen molar-refractivity contribution in [1.82, 2.24) is 0 Å². The normalized spacial score (nSPS) is 13.4. The van der Waals surface area contributed by atoms with Crippen LogP contribution in [0.25, 0.3) is 133 Å². The van der Waals surface area contributed by atoms with E-state index in [0.717, 1.165) is 22.7 Å². The number of hydrogen-bond acceptors (Lipinski definition) is 2. The smallest absolute Gasteiger partial charge is 0.0546 e. The van der Waals surface area contributed by atoms with Crippen LogP contribution < -0.4 is 9.80 Å². The van der Waals surface area contributed by atoms with Gasteiger partial charge in [-0.25, -0.2) is 0 Å². The van der Waals surface area contributed by atoms with Crippen molar-refractivity contribution in [2.75, 3.05) is 9.80 Å². The molecule has 2 nitrogen and oxygen atoms in total. The minimum Gasteiger partial charge on any atom is -0.309 e. The number of fused-ring (bicyclic) bond motifs is 14. The molecule has 19 rings (SSSR count). The molecule has 0 heterocycles. The summed E-state index contributed by atoms with van der Waals surface area (Å²) in [5.41, 5.74) is 26.6. The van der Waals surface area contributed by atoms with Gasteiger partial charge in [0.2, 0.25) is 0 Å². The fourth-order valence-electron chi connectivity index (χ4n) is 16.8. The van der Waals surface area contributed by atoms with E-state index in [9.17, 15) is 0 Å². The molecule has 2 aliphatic carbocycles. The average Bonchev–Trinajstić information content (AvgIpc) is 1.50. The Bertz CT molecular complexity index is 5910. The van der Waals surface area contributed by atoms with Gasteiger partial charge in [0.1, 0.15) is 0 Å². The highest BCUT2D eigenvalue weighted by atomic mass is 15.2. The molecular formula is C100H72N2. The summed E-state index contributed by atoms with van der Waals surface area (Å²) in [7, 11) is 0. The van der Waals surface area contributed by atoms with Gasteiger partial charge in [-0.15, -0.1) is 0 Å². The molecule has 0 aromatic heterocycles. The van der Waals surface area contributed by atoms with E-state index in [-0.39, 0.29) is 10.8 Å². The second kappa shape index (κ2) is 24.1. The third kappa shape index (κ3) is 10.2. The summed E-state index contributed by atoms with van der Waals surface area (Å²) in [5, 5.41) is 14.8. The van der Waals surface area contributed by atoms with Gasteiger partial charge in [0.05, 0.1) is 22.7 Å². The maximum atomic E-state index is 2.50. The standard InChI is InChI=1S/C100H72N2/c1-99(2)91-59-67(43-55-85(91)87-57-53-77(63-93(87)99)101(95-33-17-23-73-19-5-11-27-81(73)95)97-61-75-21-7-9-25-79(75)83-29-13-15-31-89(83)97)37-35-65-39-45-69(46-40-65)71-49-51-72(52-50-71)70-47-41-66(42-48-70)36-38-68-44-56-86-88-58-54-78(64-94(88)100(3,4)92(86)60-68)102(96-34-18-24-74-20-6-12-28-82(74)96)98-62-76-22-8-10-26-80(76)84-30-14-16-32-90(84)98/h5-64H,1-4H3/b37-35+,38-36+. The molecule has 102 heavy (non-hydrogen) atoms. The Balaban J connectivity index is 0.539. The van der Waals surface area contributed by atoms with Crippen molar-refractivity contribution < 1.29 is 0 Å². The first-order chi connectivity index (χ1) is 50.1. The lowest BCUT2D eigenvalue weighted by Gasteiger charge is -2.30. The Morgan fingerprint density at radius 1 is 0.206 bits per heavy atom. The van der Waals surface area contributed by atoms with E-state index in [1.807, 2.05) is 0 Å². The number of nitrogens with zero attached hydrogens (tertiary/aromatic N) is 2. The molecule has 2 heteroatoms. The summed E-state index contributed by atoms with van der Waals surface area (Å²) < 4.78 is 0. The van der Waals surface area contributed by atoms with Crippen LogP contribution in [0.5, 0.6) is 0 Å². The molecule has 482 valence electrons. The van der Waals surface area contributed by atoms with Crippen LogP contribution in [0.3, 0.4) is 0 Å². The first-order valence-electron chi connectivity index (χ1n) is 35.7. The van der Waals surface area contributed by atoms with Crippen molar-refractivity contribution in [2.24, 2.45) is 0 Å². The Labute approximate surface area is 596 Å². The Kier molecular flexibility index (Phi) is 14.3. The Hall–Kier alpha value is -12.6. The molecule has 17 aromatic carbocycles. The Morgan fingerprint density at radius 3 is 0.882 bits per heavy atom. The molecule has 0 N–H and O–H groups in total. The number of benzene rings is 17. The highest BCUT2D eigenvalue weighted by Crippen LogP contribution is 2.55. The van der Waals surface area contributed by atoms with E-state index in [1.54, 1.807) is 0 Å². The van der Waals surface area contributed by atoms with E-state index in [4.69, 9.17) is 0 Å². The maximum Gasteiger partial charge on any atom is 0.0546 e. The van der Waals surface area contributed by atoms with Crippen LogP contribution in [-0.4, -0.2) is 0 Å². The van der Waals surface area contributed by atoms with E-state index in [1.165, 1.54) is 165 Å². The topological polar surface area (TPSA) is 6.48 Å². The first kappa shape index (κ1) is 60.5. The monoisotopic (exact) mass is 1300 g/mol. The molecule has 0 atom stereocenters. The second-order valence-corrected chi connectivity index (χ2v) is 28.8. The summed E-state index contributed by atoms with van der Waals surface area (Å²) in [6.07, 6.45) is 9.01. The van der Waals surface area contributed by atoms with Crippen LogP contribution in [0.15, 0.2) is 340 Å². The van der Waals surface area contributed by atoms with Gasteiger partial charge in [-0.2, -0.15) is 0 Å². The minimum atomic E-state index is -0.230. The highest BCUT2D eigenvalue weighted by molar-refractivity contribution is 6.17. The molecule has 0 spiro atoms. The summed E-state index contributed by atoms with van der Waals surface area (Å²) in [5.74, 6) is 0. The van der Waals surface area contributed by atoms with Crippen LogP contribution in [0.4, 0.5) is 34.1 Å². The van der Waals surface area contributed by atoms with Gasteiger partial charge < -0.3 is 9.80 Å². The molecule has 0 amide bonds. The van der Waals surface area contributed by atoms with Crippen LogP contribution in [0, 0.1) is 0 Å². The zero-order valence-electron chi connectivity index (χ0n) is 57.5. The van der Waals surface area contributed by atoms with Gasteiger partial charge >= 0.3 is 0 Å². The highest BCUT2D eigenvalue weighted by Gasteiger charge is 2.38. The summed E-state index contributed by atoms with van der Waals surface area (Å²) in [4.78, 5) is 5.00. The molecule has 0 fully saturated rings. The summed E-state index contributed by atoms with van der Waals surface area (Å²) in [6, 6.07) is 126. The van der Waals surface area contributed by atoms with E-state index < -0.39 is 0 Å². The molecule has 0 radical (unpaired) electrons. The third-order valence-corrected chi connectivity index (χ3v) is 22.2. The van der Waals surface area contributed by atoms with Gasteiger partial charge in [-0.05, 0) is 181 Å². The van der Waals surface area contributed by atoms with Gasteiger partial charge in [0.15, 0.2) is 0 Å². The Morgan fingerprint density at radius 2 is 0.490 bits per heavy atom. The van der Waals surface area contributed by atoms with E-state index in [2.05, 4.69) is 402 Å². The first-order valence-corrected chi connectivity index (χ1v) is 35.7. The van der Waals surface area contributed by atoms with Crippen LogP contribution in [0.2, 0.25) is 0 Å². The van der Waals surface area contributed by atoms with Crippen molar-refractivity contribution in [2.45, 2.75) is 38.5 Å². The molecule has 2 aliphatic rings. The van der Waals surface area contributed by atoms with Gasteiger partial charge in [-0.1, -0.05) is 343 Å². The van der Waals surface area contributed by atoms with Crippen molar-refractivity contribution in [1.29, 1.82) is 0 Å². The van der Waals surface area contributed by atoms with Crippen molar-refractivity contribution in [3.63, 3.8) is 0 Å². The lowest BCUT2D eigenvalue weighted by Crippen LogP contribution is -2.17. The largest absolute Gasteiger partial charge is 0.309 e. The van der Waals surface area contributed by atoms with E-state index in [0.29, 0.717) is 0 Å². The molecule has 0 saturated carbocycles. The van der Waals surface area contributed by atoms with Crippen LogP contribution in [0.1, 0.15) is 72.2 Å². The predicted octanol–water partition coefficient (Wildman–Crippen LogP) is 27.8. The van der Waals surface area contributed by atoms with Gasteiger partial charge in [0, 0.05) is 43.7 Å². The third-order valence-electron chi connectivity index (χ3n) is 22.2. The quantitative estimate of drug-likeness (QED) is 0.0889. The van der Waals surface area contributed by atoms with Gasteiger partial charge in [0.25, 0.3) is 0 Å². The summed E-state index contributed by atoms with van der Waals surface area (Å²) in [6.45, 7) is 9.56. The lowest BCUT2D eigenvalue weighted by atomic mass is 9.81. The van der Waals surface area contributed by atoms with Crippen molar-refractivity contribution >= 4 is 123 Å². The van der Waals surface area contributed by atoms with Crippen LogP contribution >= 0.6 is 0 Å². The number of anilines is 6. The fourth-order valence-corrected chi connectivity index (χ4v) is 16.8. The molecule has 17 aromatic rings. The van der Waals surface area contributed by atoms with Crippen molar-refractivity contribution in [3.8, 4) is 44.5 Å². The molecular weight excluding hydrogens is 1230 g/mol. The molecule has 0 saturated heterocycles. The van der Waals surface area contributed by atoms with Gasteiger partial charge in [-0.3, -0.25) is 0 Å².